The molecule has 0 heterocycles. The van der Waals surface area contributed by atoms with Gasteiger partial charge in [0.05, 0.1) is 0 Å². The van der Waals surface area contributed by atoms with E-state index in [9.17, 15) is 4.79 Å². The standard InChI is InChI=1S/C6H8O3/c1-3-4-5(2)6(7)9-8/h3,8H,1-2,4H2. The number of carbonyl (C=O) groups excluding carboxylic acids is 1. The summed E-state index contributed by atoms with van der Waals surface area (Å²) in [5.74, 6) is -0.810. The number of hydrogen-bond donors (Lipinski definition) is 1. The van der Waals surface area contributed by atoms with E-state index in [1.54, 1.807) is 0 Å². The van der Waals surface area contributed by atoms with Gasteiger partial charge in [0.1, 0.15) is 0 Å². The van der Waals surface area contributed by atoms with Crippen molar-refractivity contribution < 1.29 is 14.9 Å². The molecule has 50 valence electrons. The minimum Gasteiger partial charge on any atom is -0.296 e. The topological polar surface area (TPSA) is 46.5 Å². The van der Waals surface area contributed by atoms with E-state index >= 15 is 0 Å². The monoisotopic (exact) mass is 128 g/mol. The van der Waals surface area contributed by atoms with Crippen molar-refractivity contribution in [2.24, 2.45) is 0 Å². The average molecular weight is 128 g/mol. The average Bonchev–Trinajstić information content (AvgIpc) is 1.87. The minimum absolute atomic E-state index is 0.188. The minimum atomic E-state index is -0.810. The maximum Gasteiger partial charge on any atom is 0.368 e. The summed E-state index contributed by atoms with van der Waals surface area (Å²) in [6, 6.07) is 0. The van der Waals surface area contributed by atoms with Gasteiger partial charge >= 0.3 is 5.97 Å². The van der Waals surface area contributed by atoms with Gasteiger partial charge in [0.15, 0.2) is 0 Å². The van der Waals surface area contributed by atoms with Gasteiger partial charge in [0.25, 0.3) is 0 Å². The quantitative estimate of drug-likeness (QED) is 0.268. The maximum atomic E-state index is 10.3. The molecular formula is C6H8O3. The predicted molar refractivity (Wildman–Crippen MR) is 32.7 cm³/mol. The molecule has 0 aromatic rings. The third-order valence-corrected chi connectivity index (χ3v) is 0.762. The third kappa shape index (κ3) is 2.66. The molecule has 0 aliphatic heterocycles. The van der Waals surface area contributed by atoms with E-state index in [-0.39, 0.29) is 5.57 Å². The van der Waals surface area contributed by atoms with Gasteiger partial charge in [-0.15, -0.1) is 6.58 Å². The van der Waals surface area contributed by atoms with Gasteiger partial charge in [-0.3, -0.25) is 4.89 Å². The Hall–Kier alpha value is -1.09. The van der Waals surface area contributed by atoms with Crippen molar-refractivity contribution in [2.75, 3.05) is 0 Å². The summed E-state index contributed by atoms with van der Waals surface area (Å²) in [6.07, 6.45) is 1.83. The first-order valence-electron chi connectivity index (χ1n) is 2.36. The van der Waals surface area contributed by atoms with Crippen LogP contribution in [-0.4, -0.2) is 11.2 Å². The first kappa shape index (κ1) is 7.91. The first-order chi connectivity index (χ1) is 4.22. The van der Waals surface area contributed by atoms with E-state index in [4.69, 9.17) is 5.26 Å². The Morgan fingerprint density at radius 1 is 1.78 bits per heavy atom. The van der Waals surface area contributed by atoms with Crippen molar-refractivity contribution in [3.63, 3.8) is 0 Å². The van der Waals surface area contributed by atoms with Crippen LogP contribution in [0.15, 0.2) is 24.8 Å². The summed E-state index contributed by atoms with van der Waals surface area (Å²) in [4.78, 5) is 13.7. The second-order valence-electron chi connectivity index (χ2n) is 1.48. The molecule has 0 amide bonds. The fourth-order valence-corrected chi connectivity index (χ4v) is 0.322. The molecule has 0 aromatic heterocycles. The largest absolute Gasteiger partial charge is 0.368 e. The van der Waals surface area contributed by atoms with Crippen LogP contribution < -0.4 is 0 Å². The molecule has 9 heavy (non-hydrogen) atoms. The summed E-state index contributed by atoms with van der Waals surface area (Å²) in [7, 11) is 0. The number of carbonyl (C=O) groups is 1. The van der Waals surface area contributed by atoms with E-state index in [1.165, 1.54) is 6.08 Å². The Labute approximate surface area is 53.2 Å². The van der Waals surface area contributed by atoms with Crippen LogP contribution in [0.4, 0.5) is 0 Å². The molecule has 3 nitrogen and oxygen atoms in total. The second kappa shape index (κ2) is 3.86. The highest BCUT2D eigenvalue weighted by Gasteiger charge is 2.04. The van der Waals surface area contributed by atoms with Crippen molar-refractivity contribution >= 4 is 5.97 Å². The molecule has 0 aliphatic rings. The highest BCUT2D eigenvalue weighted by Crippen LogP contribution is 1.98. The summed E-state index contributed by atoms with van der Waals surface area (Å²) >= 11 is 0. The lowest BCUT2D eigenvalue weighted by Crippen LogP contribution is -2.02. The smallest absolute Gasteiger partial charge is 0.296 e. The fraction of sp³-hybridized carbons (Fsp3) is 0.167. The molecule has 0 saturated heterocycles. The molecule has 0 atom stereocenters. The third-order valence-electron chi connectivity index (χ3n) is 0.762. The molecule has 3 heteroatoms. The Morgan fingerprint density at radius 3 is 2.67 bits per heavy atom. The molecule has 0 unspecified atom stereocenters. The van der Waals surface area contributed by atoms with E-state index < -0.39 is 5.97 Å². The van der Waals surface area contributed by atoms with Gasteiger partial charge in [-0.1, -0.05) is 12.7 Å². The zero-order chi connectivity index (χ0) is 7.28. The van der Waals surface area contributed by atoms with E-state index in [0.717, 1.165) is 0 Å². The zero-order valence-corrected chi connectivity index (χ0v) is 4.96. The van der Waals surface area contributed by atoms with Crippen molar-refractivity contribution in [1.29, 1.82) is 0 Å². The van der Waals surface area contributed by atoms with Crippen LogP contribution in [0.1, 0.15) is 6.42 Å². The van der Waals surface area contributed by atoms with E-state index in [0.29, 0.717) is 6.42 Å². The molecular weight excluding hydrogens is 120 g/mol. The Balaban J connectivity index is 3.73. The highest BCUT2D eigenvalue weighted by atomic mass is 17.1. The summed E-state index contributed by atoms with van der Waals surface area (Å²) < 4.78 is 0. The Morgan fingerprint density at radius 2 is 2.33 bits per heavy atom. The molecule has 0 aromatic carbocycles. The molecule has 0 radical (unpaired) electrons. The molecule has 0 saturated carbocycles. The number of rotatable bonds is 3. The Bertz CT molecular complexity index is 137. The lowest BCUT2D eigenvalue weighted by atomic mass is 10.2. The molecule has 0 spiro atoms. The van der Waals surface area contributed by atoms with Gasteiger partial charge in [0, 0.05) is 5.57 Å². The molecule has 0 bridgehead atoms. The fourth-order valence-electron chi connectivity index (χ4n) is 0.322. The second-order valence-corrected chi connectivity index (χ2v) is 1.48. The van der Waals surface area contributed by atoms with E-state index in [2.05, 4.69) is 18.0 Å². The molecule has 0 aliphatic carbocycles. The van der Waals surface area contributed by atoms with Crippen molar-refractivity contribution in [3.05, 3.63) is 24.8 Å². The van der Waals surface area contributed by atoms with Gasteiger partial charge < -0.3 is 0 Å². The molecule has 0 rings (SSSR count). The van der Waals surface area contributed by atoms with Crippen LogP contribution in [0.5, 0.6) is 0 Å². The number of hydrogen-bond acceptors (Lipinski definition) is 3. The van der Waals surface area contributed by atoms with Crippen LogP contribution in [0.3, 0.4) is 0 Å². The van der Waals surface area contributed by atoms with Gasteiger partial charge in [-0.2, -0.15) is 5.26 Å². The van der Waals surface area contributed by atoms with Crippen molar-refractivity contribution in [3.8, 4) is 0 Å². The van der Waals surface area contributed by atoms with Crippen molar-refractivity contribution in [1.82, 2.24) is 0 Å². The lowest BCUT2D eigenvalue weighted by Gasteiger charge is -1.94. The van der Waals surface area contributed by atoms with Gasteiger partial charge in [0.2, 0.25) is 0 Å². The van der Waals surface area contributed by atoms with Crippen LogP contribution in [0.2, 0.25) is 0 Å². The predicted octanol–water partition coefficient (Wildman–Crippen LogP) is 1.13. The maximum absolute atomic E-state index is 10.3. The summed E-state index contributed by atoms with van der Waals surface area (Å²) in [5.41, 5.74) is 0.188. The Kier molecular flexibility index (Phi) is 3.39. The van der Waals surface area contributed by atoms with Crippen LogP contribution in [0, 0.1) is 0 Å². The summed E-state index contributed by atoms with van der Waals surface area (Å²) in [5, 5.41) is 7.79. The first-order valence-corrected chi connectivity index (χ1v) is 2.36. The zero-order valence-electron chi connectivity index (χ0n) is 4.96. The molecule has 0 fully saturated rings. The molecule has 1 N–H and O–H groups in total. The SMILES string of the molecule is C=CCC(=C)C(=O)OO. The van der Waals surface area contributed by atoms with Crippen LogP contribution in [0.25, 0.3) is 0 Å². The lowest BCUT2D eigenvalue weighted by molar-refractivity contribution is -0.229. The van der Waals surface area contributed by atoms with Gasteiger partial charge in [-0.05, 0) is 6.42 Å². The van der Waals surface area contributed by atoms with Crippen LogP contribution >= 0.6 is 0 Å². The van der Waals surface area contributed by atoms with E-state index in [1.807, 2.05) is 0 Å². The highest BCUT2D eigenvalue weighted by molar-refractivity contribution is 5.87. The number of allylic oxidation sites excluding steroid dienone is 1. The normalized spacial score (nSPS) is 8.11. The van der Waals surface area contributed by atoms with Gasteiger partial charge in [-0.25, -0.2) is 4.79 Å². The van der Waals surface area contributed by atoms with Crippen molar-refractivity contribution in [2.45, 2.75) is 6.42 Å². The summed E-state index contributed by atoms with van der Waals surface area (Å²) in [6.45, 7) is 6.68. The van der Waals surface area contributed by atoms with Crippen LogP contribution in [-0.2, 0) is 9.68 Å².